The van der Waals surface area contributed by atoms with Gasteiger partial charge in [0, 0.05) is 11.6 Å². The number of hydrogen-bond acceptors (Lipinski definition) is 6. The summed E-state index contributed by atoms with van der Waals surface area (Å²) in [5.74, 6) is 2.14. The number of anilines is 2. The molecule has 9 nitrogen and oxygen atoms in total. The van der Waals surface area contributed by atoms with Crippen molar-refractivity contribution < 1.29 is 9.47 Å². The molecule has 0 aliphatic carbocycles. The zero-order valence-electron chi connectivity index (χ0n) is 20.7. The van der Waals surface area contributed by atoms with E-state index in [0.717, 1.165) is 16.7 Å². The third kappa shape index (κ3) is 4.05. The second kappa shape index (κ2) is 9.62. The Morgan fingerprint density at radius 1 is 0.789 bits per heavy atom. The second-order valence-corrected chi connectivity index (χ2v) is 8.57. The van der Waals surface area contributed by atoms with Gasteiger partial charge < -0.3 is 19.8 Å². The van der Waals surface area contributed by atoms with Crippen molar-refractivity contribution in [2.24, 2.45) is 0 Å². The Morgan fingerprint density at radius 3 is 2.08 bits per heavy atom. The Hall–Kier alpha value is -5.31. The molecular formula is C29H24N6O3. The van der Waals surface area contributed by atoms with E-state index in [4.69, 9.17) is 14.6 Å². The summed E-state index contributed by atoms with van der Waals surface area (Å²) in [4.78, 5) is 17.6. The lowest BCUT2D eigenvalue weighted by molar-refractivity contribution is 0.397. The number of nitrogens with one attached hydrogen (secondary N) is 3. The Labute approximate surface area is 217 Å². The molecule has 9 heteroatoms. The van der Waals surface area contributed by atoms with Gasteiger partial charge in [0.1, 0.15) is 22.9 Å². The average molecular weight is 505 g/mol. The lowest BCUT2D eigenvalue weighted by Gasteiger charge is -2.12. The molecule has 6 aromatic rings. The van der Waals surface area contributed by atoms with Gasteiger partial charge >= 0.3 is 0 Å². The quantitative estimate of drug-likeness (QED) is 0.265. The van der Waals surface area contributed by atoms with E-state index < -0.39 is 0 Å². The summed E-state index contributed by atoms with van der Waals surface area (Å²) in [5, 5.41) is 15.2. The third-order valence-electron chi connectivity index (χ3n) is 6.30. The minimum atomic E-state index is -0.284. The van der Waals surface area contributed by atoms with Crippen LogP contribution in [0.5, 0.6) is 11.6 Å². The summed E-state index contributed by atoms with van der Waals surface area (Å²) in [7, 11) is 3.16. The smallest absolute Gasteiger partial charge is 0.284 e. The van der Waals surface area contributed by atoms with Gasteiger partial charge in [0.15, 0.2) is 5.82 Å². The topological polar surface area (TPSA) is 109 Å². The van der Waals surface area contributed by atoms with E-state index in [1.54, 1.807) is 20.3 Å². The number of nitrogens with zero attached hydrogens (tertiary/aromatic N) is 3. The summed E-state index contributed by atoms with van der Waals surface area (Å²) in [5.41, 5.74) is 4.72. The predicted molar refractivity (Wildman–Crippen MR) is 147 cm³/mol. The number of hydrogen-bond donors (Lipinski definition) is 3. The molecule has 0 saturated heterocycles. The maximum Gasteiger partial charge on any atom is 0.284 e. The molecule has 0 spiro atoms. The fraction of sp³-hybridized carbons (Fsp3) is 0.0690. The summed E-state index contributed by atoms with van der Waals surface area (Å²) in [6.45, 7) is 0. The fourth-order valence-corrected chi connectivity index (χ4v) is 4.47. The zero-order valence-corrected chi connectivity index (χ0v) is 20.7. The molecule has 3 aromatic heterocycles. The van der Waals surface area contributed by atoms with Gasteiger partial charge in [-0.05, 0) is 23.3 Å². The SMILES string of the molecule is COc1ccc(-c2c(Nc3cc(OC)[nH]n3)[nH]c3c(-c4ccccc4)c(-c4ccccc4)nn3c2=O)cc1. The van der Waals surface area contributed by atoms with Crippen LogP contribution in [0.4, 0.5) is 11.6 Å². The number of rotatable bonds is 7. The predicted octanol–water partition coefficient (Wildman–Crippen LogP) is 5.51. The lowest BCUT2D eigenvalue weighted by Crippen LogP contribution is -2.19. The first-order chi connectivity index (χ1) is 18.7. The van der Waals surface area contributed by atoms with Gasteiger partial charge in [-0.3, -0.25) is 4.79 Å². The van der Waals surface area contributed by atoms with Crippen LogP contribution in [-0.2, 0) is 0 Å². The number of benzene rings is 3. The van der Waals surface area contributed by atoms with Crippen molar-refractivity contribution in [2.45, 2.75) is 0 Å². The molecule has 0 aliphatic rings. The fourth-order valence-electron chi connectivity index (χ4n) is 4.47. The van der Waals surface area contributed by atoms with Gasteiger partial charge in [-0.25, -0.2) is 5.10 Å². The Kier molecular flexibility index (Phi) is 5.85. The molecule has 0 amide bonds. The molecule has 0 radical (unpaired) electrons. The van der Waals surface area contributed by atoms with Crippen molar-refractivity contribution in [1.82, 2.24) is 24.8 Å². The van der Waals surface area contributed by atoms with Crippen molar-refractivity contribution in [1.29, 1.82) is 0 Å². The van der Waals surface area contributed by atoms with E-state index in [1.807, 2.05) is 84.9 Å². The molecular weight excluding hydrogens is 480 g/mol. The molecule has 0 saturated carbocycles. The Balaban J connectivity index is 1.65. The second-order valence-electron chi connectivity index (χ2n) is 8.57. The maximum absolute atomic E-state index is 14.1. The highest BCUT2D eigenvalue weighted by Gasteiger charge is 2.23. The zero-order chi connectivity index (χ0) is 26.1. The molecule has 38 heavy (non-hydrogen) atoms. The molecule has 0 bridgehead atoms. The first kappa shape index (κ1) is 23.1. The van der Waals surface area contributed by atoms with Crippen molar-refractivity contribution in [2.75, 3.05) is 19.5 Å². The van der Waals surface area contributed by atoms with Crippen LogP contribution in [0.2, 0.25) is 0 Å². The molecule has 3 heterocycles. The molecule has 0 atom stereocenters. The maximum atomic E-state index is 14.1. The number of ether oxygens (including phenoxy) is 2. The van der Waals surface area contributed by atoms with Crippen LogP contribution in [-0.4, -0.2) is 39.0 Å². The molecule has 3 N–H and O–H groups in total. The van der Waals surface area contributed by atoms with Crippen molar-refractivity contribution in [3.63, 3.8) is 0 Å². The minimum absolute atomic E-state index is 0.284. The van der Waals surface area contributed by atoms with Gasteiger partial charge in [0.05, 0.1) is 25.3 Å². The van der Waals surface area contributed by atoms with Gasteiger partial charge in [-0.1, -0.05) is 72.8 Å². The van der Waals surface area contributed by atoms with E-state index in [0.29, 0.717) is 45.7 Å². The molecule has 0 unspecified atom stereocenters. The van der Waals surface area contributed by atoms with Crippen LogP contribution in [0.15, 0.2) is 95.8 Å². The van der Waals surface area contributed by atoms with E-state index in [2.05, 4.69) is 20.5 Å². The number of methoxy groups -OCH3 is 2. The highest BCUT2D eigenvalue weighted by molar-refractivity contribution is 5.92. The van der Waals surface area contributed by atoms with Crippen LogP contribution in [0.1, 0.15) is 0 Å². The van der Waals surface area contributed by atoms with Gasteiger partial charge in [0.2, 0.25) is 5.88 Å². The van der Waals surface area contributed by atoms with Crippen molar-refractivity contribution in [3.05, 3.63) is 101 Å². The lowest BCUT2D eigenvalue weighted by atomic mass is 10.0. The molecule has 6 rings (SSSR count). The van der Waals surface area contributed by atoms with Gasteiger partial charge in [-0.2, -0.15) is 14.7 Å². The van der Waals surface area contributed by atoms with Crippen LogP contribution in [0.25, 0.3) is 39.2 Å². The highest BCUT2D eigenvalue weighted by Crippen LogP contribution is 2.36. The summed E-state index contributed by atoms with van der Waals surface area (Å²) in [6.07, 6.45) is 0. The van der Waals surface area contributed by atoms with E-state index >= 15 is 0 Å². The van der Waals surface area contributed by atoms with Crippen molar-refractivity contribution in [3.8, 4) is 45.1 Å². The van der Waals surface area contributed by atoms with Crippen LogP contribution < -0.4 is 20.3 Å². The largest absolute Gasteiger partial charge is 0.497 e. The van der Waals surface area contributed by atoms with E-state index in [1.165, 1.54) is 4.52 Å². The van der Waals surface area contributed by atoms with Crippen molar-refractivity contribution >= 4 is 17.3 Å². The van der Waals surface area contributed by atoms with E-state index in [-0.39, 0.29) is 5.56 Å². The minimum Gasteiger partial charge on any atom is -0.497 e. The number of H-pyrrole nitrogens is 2. The molecule has 0 aliphatic heterocycles. The van der Waals surface area contributed by atoms with Gasteiger partial charge in [0.25, 0.3) is 5.56 Å². The Morgan fingerprint density at radius 2 is 1.45 bits per heavy atom. The first-order valence-electron chi connectivity index (χ1n) is 12.0. The highest BCUT2D eigenvalue weighted by atomic mass is 16.5. The third-order valence-corrected chi connectivity index (χ3v) is 6.30. The first-order valence-corrected chi connectivity index (χ1v) is 12.0. The summed E-state index contributed by atoms with van der Waals surface area (Å²) in [6, 6.07) is 28.7. The number of fused-ring (bicyclic) bond motifs is 1. The molecule has 0 fully saturated rings. The monoisotopic (exact) mass is 504 g/mol. The average Bonchev–Trinajstić information content (AvgIpc) is 3.59. The standard InChI is InChI=1S/C29H24N6O3/c1-37-21-15-13-19(14-16-21)25-27(30-22-17-23(38-2)33-32-22)31-28-24(18-9-5-3-6-10-18)26(34-35(28)29(25)36)20-11-7-4-8-12-20/h3-17,31H,1-2H3,(H2,30,32,33). The molecule has 3 aromatic carbocycles. The molecule has 188 valence electrons. The Bertz CT molecular complexity index is 1770. The van der Waals surface area contributed by atoms with Crippen LogP contribution >= 0.6 is 0 Å². The van der Waals surface area contributed by atoms with Crippen LogP contribution in [0.3, 0.4) is 0 Å². The number of aromatic nitrogens is 5. The summed E-state index contributed by atoms with van der Waals surface area (Å²) >= 11 is 0. The number of aromatic amines is 2. The summed E-state index contributed by atoms with van der Waals surface area (Å²) < 4.78 is 12.0. The van der Waals surface area contributed by atoms with Crippen LogP contribution in [0, 0.1) is 0 Å². The van der Waals surface area contributed by atoms with Gasteiger partial charge in [-0.15, -0.1) is 0 Å². The normalized spacial score (nSPS) is 11.0. The van der Waals surface area contributed by atoms with E-state index in [9.17, 15) is 4.79 Å².